The van der Waals surface area contributed by atoms with Crippen LogP contribution in [0.4, 0.5) is 0 Å². The highest BCUT2D eigenvalue weighted by Gasteiger charge is 2.63. The Labute approximate surface area is 180 Å². The predicted molar refractivity (Wildman–Crippen MR) is 121 cm³/mol. The molecule has 10 atom stereocenters. The summed E-state index contributed by atoms with van der Waals surface area (Å²) in [5, 5.41) is 15.5. The van der Waals surface area contributed by atoms with Crippen molar-refractivity contribution < 1.29 is 5.11 Å². The molecule has 2 nitrogen and oxygen atoms in total. The van der Waals surface area contributed by atoms with Gasteiger partial charge in [0.15, 0.2) is 0 Å². The zero-order valence-electron chi connectivity index (χ0n) is 19.7. The molecule has 0 radical (unpaired) electrons. The van der Waals surface area contributed by atoms with Gasteiger partial charge >= 0.3 is 0 Å². The van der Waals surface area contributed by atoms with Crippen LogP contribution in [0.25, 0.3) is 0 Å². The van der Waals surface area contributed by atoms with Gasteiger partial charge in [0.25, 0.3) is 0 Å². The molecule has 2 N–H and O–H groups in total. The van der Waals surface area contributed by atoms with Crippen molar-refractivity contribution in [2.75, 3.05) is 6.54 Å². The fourth-order valence-corrected chi connectivity index (χ4v) is 10.0. The van der Waals surface area contributed by atoms with Gasteiger partial charge in [-0.3, -0.25) is 0 Å². The van der Waals surface area contributed by atoms with E-state index in [0.29, 0.717) is 22.8 Å². The Hall–Kier alpha value is -0.0800. The third-order valence-corrected chi connectivity index (χ3v) is 11.6. The topological polar surface area (TPSA) is 32.3 Å². The van der Waals surface area contributed by atoms with Crippen LogP contribution in [0.3, 0.4) is 0 Å². The lowest BCUT2D eigenvalue weighted by molar-refractivity contribution is -0.145. The molecule has 0 aromatic carbocycles. The number of fused-ring (bicyclic) bond motifs is 5. The van der Waals surface area contributed by atoms with Gasteiger partial charge in [-0.15, -0.1) is 0 Å². The van der Waals surface area contributed by atoms with Gasteiger partial charge < -0.3 is 10.4 Å². The van der Waals surface area contributed by atoms with Gasteiger partial charge in [-0.2, -0.15) is 0 Å². The molecular formula is C27H47NO. The minimum atomic E-state index is -0.544. The molecule has 29 heavy (non-hydrogen) atoms. The van der Waals surface area contributed by atoms with Gasteiger partial charge in [-0.05, 0) is 124 Å². The highest BCUT2D eigenvalue weighted by Crippen LogP contribution is 2.69. The van der Waals surface area contributed by atoms with Gasteiger partial charge in [0, 0.05) is 6.04 Å². The molecule has 4 saturated carbocycles. The third kappa shape index (κ3) is 3.09. The summed E-state index contributed by atoms with van der Waals surface area (Å²) in [5.41, 5.74) is 0.426. The van der Waals surface area contributed by atoms with Crippen LogP contribution in [0, 0.1) is 46.3 Å². The van der Waals surface area contributed by atoms with Crippen LogP contribution >= 0.6 is 0 Å². The Bertz CT molecular complexity index is 610. The average Bonchev–Trinajstić information content (AvgIpc) is 3.07. The second-order valence-electron chi connectivity index (χ2n) is 12.9. The van der Waals surface area contributed by atoms with E-state index in [1.807, 2.05) is 0 Å². The monoisotopic (exact) mass is 401 g/mol. The fourth-order valence-electron chi connectivity index (χ4n) is 10.0. The summed E-state index contributed by atoms with van der Waals surface area (Å²) in [6.07, 6.45) is 16.6. The van der Waals surface area contributed by atoms with Crippen LogP contribution in [-0.4, -0.2) is 23.3 Å². The largest absolute Gasteiger partial charge is 0.388 e. The minimum absolute atomic E-state index is 0.308. The second kappa shape index (κ2) is 7.22. The molecule has 5 rings (SSSR count). The molecule has 1 saturated heterocycles. The quantitative estimate of drug-likeness (QED) is 0.579. The van der Waals surface area contributed by atoms with Crippen molar-refractivity contribution in [2.45, 2.75) is 116 Å². The van der Waals surface area contributed by atoms with Crippen LogP contribution < -0.4 is 5.32 Å². The molecule has 0 aromatic heterocycles. The number of rotatable bonds is 2. The molecule has 166 valence electrons. The van der Waals surface area contributed by atoms with Gasteiger partial charge in [0.1, 0.15) is 0 Å². The first-order valence-electron chi connectivity index (χ1n) is 13.2. The van der Waals surface area contributed by atoms with Crippen LogP contribution in [0.1, 0.15) is 105 Å². The summed E-state index contributed by atoms with van der Waals surface area (Å²) >= 11 is 0. The van der Waals surface area contributed by atoms with Crippen LogP contribution in [-0.2, 0) is 0 Å². The number of nitrogens with one attached hydrogen (secondary N) is 1. The summed E-state index contributed by atoms with van der Waals surface area (Å²) in [7, 11) is 0. The van der Waals surface area contributed by atoms with E-state index in [-0.39, 0.29) is 0 Å². The maximum Gasteiger partial charge on any atom is 0.0805 e. The maximum atomic E-state index is 11.8. The summed E-state index contributed by atoms with van der Waals surface area (Å²) in [6, 6.07) is 0.308. The molecule has 1 heterocycles. The molecule has 5 fully saturated rings. The average molecular weight is 402 g/mol. The Morgan fingerprint density at radius 1 is 0.862 bits per heavy atom. The van der Waals surface area contributed by atoms with Gasteiger partial charge in [0.2, 0.25) is 0 Å². The molecular weight excluding hydrogens is 354 g/mol. The molecule has 2 heteroatoms. The van der Waals surface area contributed by atoms with E-state index < -0.39 is 5.60 Å². The zero-order valence-corrected chi connectivity index (χ0v) is 19.7. The van der Waals surface area contributed by atoms with Crippen molar-refractivity contribution in [3.05, 3.63) is 0 Å². The first-order valence-corrected chi connectivity index (χ1v) is 13.2. The number of hydrogen-bond acceptors (Lipinski definition) is 2. The minimum Gasteiger partial charge on any atom is -0.388 e. The Morgan fingerprint density at radius 3 is 2.38 bits per heavy atom. The molecule has 5 aliphatic rings. The van der Waals surface area contributed by atoms with Crippen molar-refractivity contribution in [2.24, 2.45) is 46.3 Å². The van der Waals surface area contributed by atoms with Gasteiger partial charge in [-0.25, -0.2) is 0 Å². The summed E-state index contributed by atoms with van der Waals surface area (Å²) < 4.78 is 0. The number of aliphatic hydroxyl groups is 1. The van der Waals surface area contributed by atoms with E-state index in [0.717, 1.165) is 42.6 Å². The SMILES string of the molecule is C[C@H]1CC[C@@]2(C)C(CCC3C2CC[C@@]2(C)C3CCC2[C@@](C)(O)C2CCCCN2)C1. The highest BCUT2D eigenvalue weighted by molar-refractivity contribution is 5.13. The number of piperidine rings is 1. The van der Waals surface area contributed by atoms with E-state index in [1.165, 1.54) is 70.6 Å². The summed E-state index contributed by atoms with van der Waals surface area (Å²) in [5.74, 6) is 5.18. The Balaban J connectivity index is 1.38. The van der Waals surface area contributed by atoms with Gasteiger partial charge in [0.05, 0.1) is 5.60 Å². The first kappa shape index (κ1) is 20.8. The van der Waals surface area contributed by atoms with E-state index in [2.05, 4.69) is 33.0 Å². The van der Waals surface area contributed by atoms with Crippen molar-refractivity contribution in [1.82, 2.24) is 5.32 Å². The van der Waals surface area contributed by atoms with Crippen molar-refractivity contribution in [3.8, 4) is 0 Å². The van der Waals surface area contributed by atoms with E-state index >= 15 is 0 Å². The number of hydrogen-bond donors (Lipinski definition) is 2. The van der Waals surface area contributed by atoms with Crippen molar-refractivity contribution in [1.29, 1.82) is 0 Å². The molecule has 6 unspecified atom stereocenters. The highest BCUT2D eigenvalue weighted by atomic mass is 16.3. The molecule has 4 aliphatic carbocycles. The van der Waals surface area contributed by atoms with E-state index in [4.69, 9.17) is 0 Å². The third-order valence-electron chi connectivity index (χ3n) is 11.6. The van der Waals surface area contributed by atoms with Crippen LogP contribution in [0.2, 0.25) is 0 Å². The van der Waals surface area contributed by atoms with Gasteiger partial charge in [-0.1, -0.05) is 33.6 Å². The lowest BCUT2D eigenvalue weighted by Gasteiger charge is -2.62. The molecule has 1 aliphatic heterocycles. The Morgan fingerprint density at radius 2 is 1.62 bits per heavy atom. The van der Waals surface area contributed by atoms with E-state index in [9.17, 15) is 5.11 Å². The van der Waals surface area contributed by atoms with Crippen LogP contribution in [0.5, 0.6) is 0 Å². The molecule has 0 amide bonds. The second-order valence-corrected chi connectivity index (χ2v) is 12.9. The normalized spacial score (nSPS) is 54.7. The summed E-state index contributed by atoms with van der Waals surface area (Å²) in [6.45, 7) is 11.1. The van der Waals surface area contributed by atoms with E-state index in [1.54, 1.807) is 0 Å². The fraction of sp³-hybridized carbons (Fsp3) is 1.00. The smallest absolute Gasteiger partial charge is 0.0805 e. The molecule has 0 aromatic rings. The zero-order chi connectivity index (χ0) is 20.4. The lowest BCUT2D eigenvalue weighted by atomic mass is 9.44. The van der Waals surface area contributed by atoms with Crippen molar-refractivity contribution >= 4 is 0 Å². The first-order chi connectivity index (χ1) is 13.8. The maximum absolute atomic E-state index is 11.8. The Kier molecular flexibility index (Phi) is 5.18. The van der Waals surface area contributed by atoms with Crippen LogP contribution in [0.15, 0.2) is 0 Å². The molecule has 0 bridgehead atoms. The lowest BCUT2D eigenvalue weighted by Crippen LogP contribution is -2.60. The standard InChI is InChI=1S/C27H47NO/c1-18-12-14-25(2)19(17-18)8-9-20-21-10-11-23(26(21,3)15-13-22(20)25)27(4,29)24-7-5-6-16-28-24/h18-24,28-29H,5-17H2,1-4H3/t18-,19?,20?,21?,22?,23?,24?,25-,26-,27+/m0/s1. The predicted octanol–water partition coefficient (Wildman–Crippen LogP) is 6.17. The summed E-state index contributed by atoms with van der Waals surface area (Å²) in [4.78, 5) is 0. The van der Waals surface area contributed by atoms with Crippen molar-refractivity contribution in [3.63, 3.8) is 0 Å². The molecule has 0 spiro atoms.